The molecule has 3 rings (SSSR count). The van der Waals surface area contributed by atoms with Gasteiger partial charge in [0.1, 0.15) is 12.4 Å². The highest BCUT2D eigenvalue weighted by molar-refractivity contribution is 5.88. The first-order chi connectivity index (χ1) is 9.70. The molecule has 0 bridgehead atoms. The van der Waals surface area contributed by atoms with Gasteiger partial charge in [0, 0.05) is 24.9 Å². The number of piperidine rings is 1. The Kier molecular flexibility index (Phi) is 3.47. The van der Waals surface area contributed by atoms with E-state index in [9.17, 15) is 9.59 Å². The first kappa shape index (κ1) is 13.2. The Morgan fingerprint density at radius 3 is 2.65 bits per heavy atom. The molecule has 0 radical (unpaired) electrons. The summed E-state index contributed by atoms with van der Waals surface area (Å²) in [5.74, 6) is 0.329. The quantitative estimate of drug-likeness (QED) is 0.832. The molecule has 4 nitrogen and oxygen atoms in total. The van der Waals surface area contributed by atoms with Gasteiger partial charge >= 0.3 is 6.09 Å². The number of carbonyl (C=O) groups is 2. The number of hydrogen-bond donors (Lipinski definition) is 0. The standard InChI is InChI=1S/C16H19NO3/c18-14-7-10-17(12-16(14)8-4-9-16)15(19)20-11-13-5-2-1-3-6-13/h1-3,5-6H,4,7-12H2. The van der Waals surface area contributed by atoms with Crippen LogP contribution >= 0.6 is 0 Å². The van der Waals surface area contributed by atoms with E-state index in [1.165, 1.54) is 0 Å². The average Bonchev–Trinajstić information content (AvgIpc) is 2.44. The first-order valence-electron chi connectivity index (χ1n) is 7.19. The second-order valence-corrected chi connectivity index (χ2v) is 5.77. The molecule has 1 spiro atoms. The van der Waals surface area contributed by atoms with Crippen molar-refractivity contribution in [3.05, 3.63) is 35.9 Å². The number of carbonyl (C=O) groups excluding carboxylic acids is 2. The minimum atomic E-state index is -0.298. The van der Waals surface area contributed by atoms with Crippen molar-refractivity contribution in [3.63, 3.8) is 0 Å². The molecule has 2 aliphatic rings. The van der Waals surface area contributed by atoms with Gasteiger partial charge in [-0.25, -0.2) is 4.79 Å². The molecule has 106 valence electrons. The highest BCUT2D eigenvalue weighted by atomic mass is 16.6. The predicted octanol–water partition coefficient (Wildman–Crippen LogP) is 2.77. The molecule has 2 fully saturated rings. The van der Waals surface area contributed by atoms with Gasteiger partial charge in [0.25, 0.3) is 0 Å². The predicted molar refractivity (Wildman–Crippen MR) is 74.1 cm³/mol. The molecule has 1 saturated carbocycles. The number of likely N-dealkylation sites (tertiary alicyclic amines) is 1. The van der Waals surface area contributed by atoms with Crippen molar-refractivity contribution in [1.82, 2.24) is 4.90 Å². The molecule has 1 aromatic rings. The molecule has 0 N–H and O–H groups in total. The number of ketones is 1. The lowest BCUT2D eigenvalue weighted by Gasteiger charge is -2.46. The highest BCUT2D eigenvalue weighted by Gasteiger charge is 2.48. The van der Waals surface area contributed by atoms with Gasteiger partial charge in [-0.2, -0.15) is 0 Å². The van der Waals surface area contributed by atoms with E-state index in [0.717, 1.165) is 24.8 Å². The number of amides is 1. The number of benzene rings is 1. The molecule has 1 saturated heterocycles. The van der Waals surface area contributed by atoms with E-state index < -0.39 is 0 Å². The molecular weight excluding hydrogens is 254 g/mol. The van der Waals surface area contributed by atoms with Crippen molar-refractivity contribution < 1.29 is 14.3 Å². The molecule has 0 unspecified atom stereocenters. The van der Waals surface area contributed by atoms with Gasteiger partial charge in [-0.15, -0.1) is 0 Å². The fraction of sp³-hybridized carbons (Fsp3) is 0.500. The molecule has 1 amide bonds. The Balaban J connectivity index is 1.56. The van der Waals surface area contributed by atoms with E-state index >= 15 is 0 Å². The van der Waals surface area contributed by atoms with Gasteiger partial charge in [0.15, 0.2) is 0 Å². The van der Waals surface area contributed by atoms with Crippen molar-refractivity contribution >= 4 is 11.9 Å². The number of hydrogen-bond acceptors (Lipinski definition) is 3. The van der Waals surface area contributed by atoms with E-state index in [2.05, 4.69) is 0 Å². The average molecular weight is 273 g/mol. The fourth-order valence-corrected chi connectivity index (χ4v) is 3.04. The van der Waals surface area contributed by atoms with Crippen molar-refractivity contribution in [1.29, 1.82) is 0 Å². The molecule has 20 heavy (non-hydrogen) atoms. The van der Waals surface area contributed by atoms with Crippen LogP contribution in [0.15, 0.2) is 30.3 Å². The summed E-state index contributed by atoms with van der Waals surface area (Å²) in [5.41, 5.74) is 0.733. The van der Waals surface area contributed by atoms with Crippen LogP contribution in [-0.2, 0) is 16.1 Å². The summed E-state index contributed by atoms with van der Waals surface area (Å²) < 4.78 is 5.34. The first-order valence-corrected chi connectivity index (χ1v) is 7.19. The number of Topliss-reactive ketones (excluding diaryl/α,β-unsaturated/α-hetero) is 1. The van der Waals surface area contributed by atoms with E-state index in [1.54, 1.807) is 4.90 Å². The third kappa shape index (κ3) is 2.42. The van der Waals surface area contributed by atoms with Gasteiger partial charge < -0.3 is 9.64 Å². The molecular formula is C16H19NO3. The van der Waals surface area contributed by atoms with Crippen LogP contribution in [0, 0.1) is 5.41 Å². The maximum Gasteiger partial charge on any atom is 0.410 e. The summed E-state index contributed by atoms with van der Waals surface area (Å²) in [6.07, 6.45) is 3.12. The monoisotopic (exact) mass is 273 g/mol. The van der Waals surface area contributed by atoms with E-state index in [-0.39, 0.29) is 18.1 Å². The smallest absolute Gasteiger partial charge is 0.410 e. The summed E-state index contributed by atoms with van der Waals surface area (Å²) in [6.45, 7) is 1.32. The van der Waals surface area contributed by atoms with Crippen molar-refractivity contribution in [2.24, 2.45) is 5.41 Å². The lowest BCUT2D eigenvalue weighted by Crippen LogP contribution is -2.54. The van der Waals surface area contributed by atoms with Crippen LogP contribution in [-0.4, -0.2) is 29.9 Å². The van der Waals surface area contributed by atoms with Crippen molar-refractivity contribution in [2.75, 3.05) is 13.1 Å². The third-order valence-electron chi connectivity index (χ3n) is 4.47. The minimum Gasteiger partial charge on any atom is -0.445 e. The molecule has 4 heteroatoms. The maximum absolute atomic E-state index is 12.1. The molecule has 1 aromatic carbocycles. The van der Waals surface area contributed by atoms with Crippen molar-refractivity contribution in [2.45, 2.75) is 32.3 Å². The molecule has 1 aliphatic carbocycles. The van der Waals surface area contributed by atoms with Crippen LogP contribution in [0.5, 0.6) is 0 Å². The van der Waals surface area contributed by atoms with Crippen LogP contribution in [0.2, 0.25) is 0 Å². The van der Waals surface area contributed by atoms with Gasteiger partial charge in [0.05, 0.1) is 0 Å². The Morgan fingerprint density at radius 2 is 2.00 bits per heavy atom. The van der Waals surface area contributed by atoms with E-state index in [1.807, 2.05) is 30.3 Å². The second kappa shape index (κ2) is 5.27. The Morgan fingerprint density at radius 1 is 1.25 bits per heavy atom. The lowest BCUT2D eigenvalue weighted by molar-refractivity contribution is -0.139. The number of rotatable bonds is 2. The Labute approximate surface area is 118 Å². The molecule has 1 aliphatic heterocycles. The normalized spacial score (nSPS) is 20.6. The summed E-state index contributed by atoms with van der Waals surface area (Å²) in [6, 6.07) is 9.64. The van der Waals surface area contributed by atoms with Gasteiger partial charge in [-0.3, -0.25) is 4.79 Å². The summed E-state index contributed by atoms with van der Waals surface area (Å²) >= 11 is 0. The SMILES string of the molecule is O=C(OCc1ccccc1)N1CCC(=O)C2(CCC2)C1. The fourth-order valence-electron chi connectivity index (χ4n) is 3.04. The second-order valence-electron chi connectivity index (χ2n) is 5.77. The molecule has 1 heterocycles. The van der Waals surface area contributed by atoms with Crippen molar-refractivity contribution in [3.8, 4) is 0 Å². The van der Waals surface area contributed by atoms with Crippen LogP contribution in [0.25, 0.3) is 0 Å². The lowest BCUT2D eigenvalue weighted by atomic mass is 9.63. The third-order valence-corrected chi connectivity index (χ3v) is 4.47. The Hall–Kier alpha value is -1.84. The minimum absolute atomic E-state index is 0.246. The van der Waals surface area contributed by atoms with Gasteiger partial charge in [-0.05, 0) is 18.4 Å². The highest BCUT2D eigenvalue weighted by Crippen LogP contribution is 2.45. The zero-order chi connectivity index (χ0) is 14.0. The zero-order valence-corrected chi connectivity index (χ0v) is 11.5. The number of ether oxygens (including phenoxy) is 1. The van der Waals surface area contributed by atoms with Crippen LogP contribution in [0.1, 0.15) is 31.2 Å². The molecule has 0 aromatic heterocycles. The zero-order valence-electron chi connectivity index (χ0n) is 11.5. The van der Waals surface area contributed by atoms with Crippen LogP contribution in [0.4, 0.5) is 4.79 Å². The summed E-state index contributed by atoms with van der Waals surface area (Å²) in [4.78, 5) is 25.8. The van der Waals surface area contributed by atoms with E-state index in [0.29, 0.717) is 25.3 Å². The van der Waals surface area contributed by atoms with Gasteiger partial charge in [0.2, 0.25) is 0 Å². The summed E-state index contributed by atoms with van der Waals surface area (Å²) in [5, 5.41) is 0. The Bertz CT molecular complexity index is 508. The maximum atomic E-state index is 12.1. The molecule has 0 atom stereocenters. The number of nitrogens with zero attached hydrogens (tertiary/aromatic N) is 1. The van der Waals surface area contributed by atoms with Gasteiger partial charge in [-0.1, -0.05) is 36.8 Å². The largest absolute Gasteiger partial charge is 0.445 e. The topological polar surface area (TPSA) is 46.6 Å². The van der Waals surface area contributed by atoms with Crippen LogP contribution in [0.3, 0.4) is 0 Å². The summed E-state index contributed by atoms with van der Waals surface area (Å²) in [7, 11) is 0. The van der Waals surface area contributed by atoms with Crippen LogP contribution < -0.4 is 0 Å². The van der Waals surface area contributed by atoms with E-state index in [4.69, 9.17) is 4.74 Å².